The van der Waals surface area contributed by atoms with Crippen molar-refractivity contribution >= 4 is 66.1 Å². The first kappa shape index (κ1) is 60.5. The van der Waals surface area contributed by atoms with Gasteiger partial charge in [-0.25, -0.2) is 8.78 Å². The van der Waals surface area contributed by atoms with Crippen LogP contribution in [0.25, 0.3) is 56.2 Å². The van der Waals surface area contributed by atoms with Crippen molar-refractivity contribution in [3.63, 3.8) is 0 Å². The molecule has 0 bridgehead atoms. The van der Waals surface area contributed by atoms with Crippen LogP contribution in [-0.2, 0) is 39.3 Å². The Labute approximate surface area is 441 Å². The van der Waals surface area contributed by atoms with E-state index < -0.39 is 56.6 Å². The van der Waals surface area contributed by atoms with Crippen LogP contribution < -0.4 is 0 Å². The van der Waals surface area contributed by atoms with E-state index in [9.17, 15) is 55.6 Å². The van der Waals surface area contributed by atoms with Crippen molar-refractivity contribution in [3.8, 4) is 22.3 Å². The van der Waals surface area contributed by atoms with Gasteiger partial charge in [-0.2, -0.15) is 16.8 Å². The average Bonchev–Trinajstić information content (AvgIpc) is 4.28. The van der Waals surface area contributed by atoms with Gasteiger partial charge in [-0.05, 0) is 87.1 Å². The Morgan fingerprint density at radius 2 is 0.895 bits per heavy atom. The molecule has 2 aliphatic carbocycles. The minimum absolute atomic E-state index is 0.0148. The average molecular weight is 1090 g/mol. The first-order valence-electron chi connectivity index (χ1n) is 24.5. The van der Waals surface area contributed by atoms with E-state index >= 15 is 0 Å². The number of ether oxygens (including phenoxy) is 2. The number of aromatic nitrogens is 2. The summed E-state index contributed by atoms with van der Waals surface area (Å²) in [6, 6.07) is 28.5. The highest BCUT2D eigenvalue weighted by Gasteiger charge is 2.31. The second-order valence-corrected chi connectivity index (χ2v) is 21.2. The molecule has 2 fully saturated rings. The van der Waals surface area contributed by atoms with Crippen LogP contribution in [0.15, 0.2) is 109 Å². The molecule has 20 heteroatoms. The third-order valence-corrected chi connectivity index (χ3v) is 11.5. The molecule has 6 N–H and O–H groups in total. The number of pyridine rings is 2. The van der Waals surface area contributed by atoms with Gasteiger partial charge in [-0.3, -0.25) is 28.7 Å². The topological polar surface area (TPSA) is 268 Å². The normalized spacial score (nSPS) is 15.1. The number of benzene rings is 4. The highest BCUT2D eigenvalue weighted by Crippen LogP contribution is 2.47. The molecule has 16 nitrogen and oxygen atoms in total. The van der Waals surface area contributed by atoms with Crippen LogP contribution in [0.3, 0.4) is 0 Å². The Bertz CT molecular complexity index is 2970. The molecule has 2 aliphatic rings. The summed E-state index contributed by atoms with van der Waals surface area (Å²) < 4.78 is 88.7. The van der Waals surface area contributed by atoms with E-state index in [4.69, 9.17) is 28.5 Å². The largest absolute Gasteiger partial charge is 0.466 e. The molecule has 0 unspecified atom stereocenters. The zero-order chi connectivity index (χ0) is 55.7. The monoisotopic (exact) mass is 1090 g/mol. The van der Waals surface area contributed by atoms with Gasteiger partial charge in [0, 0.05) is 57.7 Å². The summed E-state index contributed by atoms with van der Waals surface area (Å²) in [5.41, 5.74) is 9.08. The quantitative estimate of drug-likeness (QED) is 0.0346. The van der Waals surface area contributed by atoms with E-state index in [0.29, 0.717) is 24.3 Å². The van der Waals surface area contributed by atoms with Gasteiger partial charge in [0.25, 0.3) is 20.2 Å². The molecule has 0 aliphatic heterocycles. The maximum atomic E-state index is 13.6. The molecule has 408 valence electrons. The highest BCUT2D eigenvalue weighted by atomic mass is 32.2. The van der Waals surface area contributed by atoms with Crippen molar-refractivity contribution in [2.24, 2.45) is 0 Å². The van der Waals surface area contributed by atoms with Crippen LogP contribution in [0.5, 0.6) is 0 Å². The Kier molecular flexibility index (Phi) is 22.4. The third kappa shape index (κ3) is 20.3. The summed E-state index contributed by atoms with van der Waals surface area (Å²) in [6.07, 6.45) is 8.37. The summed E-state index contributed by atoms with van der Waals surface area (Å²) >= 11 is 0. The summed E-state index contributed by atoms with van der Waals surface area (Å²) in [5.74, 6) is -0.894. The molecule has 2 saturated carbocycles. The van der Waals surface area contributed by atoms with Gasteiger partial charge in [-0.15, -0.1) is 0 Å². The maximum absolute atomic E-state index is 13.6. The van der Waals surface area contributed by atoms with Gasteiger partial charge < -0.3 is 29.9 Å². The minimum atomic E-state index is -3.67. The van der Waals surface area contributed by atoms with Crippen LogP contribution in [0.4, 0.5) is 8.78 Å². The van der Waals surface area contributed by atoms with Crippen LogP contribution in [-0.4, -0.2) is 118 Å². The number of aliphatic hydroxyl groups excluding tert-OH is 4. The summed E-state index contributed by atoms with van der Waals surface area (Å²) in [4.78, 5) is 33.0. The smallest absolute Gasteiger partial charge is 0.308 e. The Balaban J connectivity index is 0.000000238. The Morgan fingerprint density at radius 3 is 1.20 bits per heavy atom. The number of carbonyl (C=O) groups is 2. The number of hydrogen-bond donors (Lipinski definition) is 6. The number of para-hydroxylation sites is 2. The van der Waals surface area contributed by atoms with Crippen LogP contribution in [0.1, 0.15) is 99.6 Å². The van der Waals surface area contributed by atoms with Gasteiger partial charge in [0.2, 0.25) is 0 Å². The molecule has 2 heterocycles. The van der Waals surface area contributed by atoms with Gasteiger partial charge in [0.1, 0.15) is 11.6 Å². The molecule has 0 amide bonds. The molecular weight excluding hydrogens is 1030 g/mol. The third-order valence-electron chi connectivity index (χ3n) is 11.5. The highest BCUT2D eigenvalue weighted by molar-refractivity contribution is 7.85. The van der Waals surface area contributed by atoms with E-state index in [2.05, 4.69) is 0 Å². The lowest BCUT2D eigenvalue weighted by Crippen LogP contribution is -2.20. The molecule has 0 radical (unpaired) electrons. The maximum Gasteiger partial charge on any atom is 0.308 e. The fourth-order valence-corrected chi connectivity index (χ4v) is 8.14. The molecule has 0 saturated heterocycles. The lowest BCUT2D eigenvalue weighted by molar-refractivity contribution is -0.146. The van der Waals surface area contributed by atoms with Crippen LogP contribution in [0, 0.1) is 11.6 Å². The van der Waals surface area contributed by atoms with E-state index in [0.717, 1.165) is 92.3 Å². The molecule has 76 heavy (non-hydrogen) atoms. The van der Waals surface area contributed by atoms with E-state index in [1.54, 1.807) is 50.3 Å². The van der Waals surface area contributed by atoms with Crippen molar-refractivity contribution < 1.29 is 74.2 Å². The first-order valence-corrected chi connectivity index (χ1v) is 28.2. The fraction of sp³-hybridized carbons (Fsp3) is 0.357. The number of fused-ring (bicyclic) bond motifs is 2. The lowest BCUT2D eigenvalue weighted by atomic mass is 9.92. The van der Waals surface area contributed by atoms with Crippen LogP contribution >= 0.6 is 0 Å². The minimum Gasteiger partial charge on any atom is -0.466 e. The lowest BCUT2D eigenvalue weighted by Gasteiger charge is -2.16. The van der Waals surface area contributed by atoms with Crippen molar-refractivity contribution in [1.29, 1.82) is 0 Å². The zero-order valence-corrected chi connectivity index (χ0v) is 44.1. The van der Waals surface area contributed by atoms with E-state index in [1.807, 2.05) is 60.7 Å². The SMILES string of the molecule is CCOC(=O)C[C@H](O)C[C@H](O)/C=C/c1c(C2CC2)nc2ccccc2c1-c1ccc(F)cc1.CCOC(=O)C[C@H](O)C[C@H](O)/C=C/c1c(C2CC2)nc2ccccc2c1-c1ccc(F)cc1.CS(=O)(=O)O.CS(=O)(=O)O. The molecule has 0 spiro atoms. The second-order valence-electron chi connectivity index (χ2n) is 18.3. The number of esters is 2. The summed E-state index contributed by atoms with van der Waals surface area (Å²) in [5, 5.41) is 43.2. The van der Waals surface area contributed by atoms with Crippen molar-refractivity contribution in [2.75, 3.05) is 25.7 Å². The van der Waals surface area contributed by atoms with E-state index in [1.165, 1.54) is 24.3 Å². The number of nitrogens with zero attached hydrogens (tertiary/aromatic N) is 2. The number of halogens is 2. The second kappa shape index (κ2) is 28.1. The zero-order valence-electron chi connectivity index (χ0n) is 42.5. The molecule has 4 aromatic carbocycles. The predicted molar refractivity (Wildman–Crippen MR) is 287 cm³/mol. The Morgan fingerprint density at radius 1 is 0.579 bits per heavy atom. The fourth-order valence-electron chi connectivity index (χ4n) is 8.14. The van der Waals surface area contributed by atoms with Crippen LogP contribution in [0.2, 0.25) is 0 Å². The van der Waals surface area contributed by atoms with Gasteiger partial charge in [0.05, 0.1) is 85.4 Å². The van der Waals surface area contributed by atoms with Crippen molar-refractivity contribution in [2.45, 2.75) is 101 Å². The van der Waals surface area contributed by atoms with Crippen molar-refractivity contribution in [3.05, 3.63) is 143 Å². The van der Waals surface area contributed by atoms with Gasteiger partial charge >= 0.3 is 11.9 Å². The standard InChI is InChI=1S/2C27H28FNO4.2CH4O3S/c2*1-2-33-25(32)16-21(31)15-20(30)13-14-23-26(17-9-11-19(28)12-10-17)22-5-3-4-6-24(22)29-27(23)18-7-8-18;2*1-5(2,3)4/h2*3-6,9-14,18,20-21,30-31H,2,7-8,15-16H2,1H3;2*1H3,(H,2,3,4)/b2*14-13+;;/t2*20-,21-;;/m11../s1. The van der Waals surface area contributed by atoms with Gasteiger partial charge in [0.15, 0.2) is 0 Å². The summed E-state index contributed by atoms with van der Waals surface area (Å²) in [6.45, 7) is 3.91. The number of rotatable bonds is 18. The molecule has 2 aromatic heterocycles. The molecule has 8 rings (SSSR count). The summed E-state index contributed by atoms with van der Waals surface area (Å²) in [7, 11) is -7.33. The number of hydrogen-bond acceptors (Lipinski definition) is 14. The first-order chi connectivity index (χ1) is 35.9. The molecular formula is C56H64F2N2O14S2. The Hall–Kier alpha value is -6.36. The molecule has 6 aromatic rings. The number of carbonyl (C=O) groups excluding carboxylic acids is 2. The van der Waals surface area contributed by atoms with E-state index in [-0.39, 0.29) is 50.5 Å². The number of aliphatic hydroxyl groups is 4. The molecule has 4 atom stereocenters. The predicted octanol–water partition coefficient (Wildman–Crippen LogP) is 9.00. The van der Waals surface area contributed by atoms with Crippen molar-refractivity contribution in [1.82, 2.24) is 9.97 Å². The van der Waals surface area contributed by atoms with Gasteiger partial charge in [-0.1, -0.05) is 85.0 Å².